The van der Waals surface area contributed by atoms with E-state index in [4.69, 9.17) is 23.2 Å². The van der Waals surface area contributed by atoms with E-state index in [-0.39, 0.29) is 6.03 Å². The summed E-state index contributed by atoms with van der Waals surface area (Å²) < 4.78 is 0. The molecule has 0 spiro atoms. The van der Waals surface area contributed by atoms with E-state index in [1.807, 2.05) is 24.3 Å². The number of anilines is 1. The van der Waals surface area contributed by atoms with Crippen molar-refractivity contribution in [3.8, 4) is 0 Å². The molecule has 1 saturated heterocycles. The zero-order chi connectivity index (χ0) is 20.2. The lowest BCUT2D eigenvalue weighted by Crippen LogP contribution is -2.34. The Morgan fingerprint density at radius 2 is 1.68 bits per heavy atom. The van der Waals surface area contributed by atoms with Gasteiger partial charge in [0.2, 0.25) is 0 Å². The molecule has 0 radical (unpaired) electrons. The Bertz CT molecular complexity index is 686. The third-order valence-corrected chi connectivity index (χ3v) is 4.96. The molecular formula is C20H27Cl2N5O. The molecule has 1 saturated carbocycles. The van der Waals surface area contributed by atoms with Gasteiger partial charge in [-0.3, -0.25) is 0 Å². The Morgan fingerprint density at radius 1 is 1.04 bits per heavy atom. The molecule has 2 fully saturated rings. The average Bonchev–Trinajstić information content (AvgIpc) is 3.56. The van der Waals surface area contributed by atoms with Crippen LogP contribution in [0.4, 0.5) is 10.6 Å². The fraction of sp³-hybridized carbons (Fsp3) is 0.450. The monoisotopic (exact) mass is 423 g/mol. The number of carbonyl (C=O) groups excluding carboxylic acids is 1. The van der Waals surface area contributed by atoms with E-state index >= 15 is 0 Å². The molecule has 2 amide bonds. The van der Waals surface area contributed by atoms with E-state index in [1.54, 1.807) is 25.4 Å². The predicted molar refractivity (Wildman–Crippen MR) is 115 cm³/mol. The number of amides is 2. The number of halogens is 2. The molecule has 2 aliphatic rings. The second-order valence-electron chi connectivity index (χ2n) is 6.54. The number of rotatable bonds is 2. The van der Waals surface area contributed by atoms with Gasteiger partial charge in [-0.2, -0.15) is 5.10 Å². The van der Waals surface area contributed by atoms with E-state index in [9.17, 15) is 4.79 Å². The van der Waals surface area contributed by atoms with Crippen molar-refractivity contribution in [2.45, 2.75) is 38.1 Å². The average molecular weight is 424 g/mol. The van der Waals surface area contributed by atoms with E-state index in [0.29, 0.717) is 16.1 Å². The van der Waals surface area contributed by atoms with Crippen LogP contribution in [0.3, 0.4) is 0 Å². The molecule has 4 rings (SSSR count). The van der Waals surface area contributed by atoms with Crippen molar-refractivity contribution in [3.05, 3.63) is 52.6 Å². The minimum Gasteiger partial charge on any atom is -0.355 e. The molecule has 1 aliphatic carbocycles. The maximum Gasteiger partial charge on any atom is 0.314 e. The van der Waals surface area contributed by atoms with Gasteiger partial charge in [0.1, 0.15) is 0 Å². The molecule has 6 nitrogen and oxygen atoms in total. The lowest BCUT2D eigenvalue weighted by atomic mass is 10.1. The summed E-state index contributed by atoms with van der Waals surface area (Å²) in [6.45, 7) is 2.28. The summed E-state index contributed by atoms with van der Waals surface area (Å²) in [5, 5.41) is 14.4. The molecule has 0 atom stereocenters. The molecular weight excluding hydrogens is 397 g/mol. The molecule has 1 aliphatic heterocycles. The Kier molecular flexibility index (Phi) is 9.86. The van der Waals surface area contributed by atoms with Gasteiger partial charge in [-0.25, -0.2) is 4.79 Å². The molecule has 0 bridgehead atoms. The Labute approximate surface area is 176 Å². The molecule has 28 heavy (non-hydrogen) atoms. The molecule has 8 heteroatoms. The number of aromatic nitrogens is 2. The molecule has 2 aromatic rings. The first-order valence-corrected chi connectivity index (χ1v) is 10.3. The SMILES string of the molecule is CNC(=O)NC1CC1.Clc1ccccc1Cl.c1cnnc(N2CCCCC2)c1. The highest BCUT2D eigenvalue weighted by atomic mass is 35.5. The third kappa shape index (κ3) is 8.76. The van der Waals surface area contributed by atoms with Crippen molar-refractivity contribution in [2.75, 3.05) is 25.0 Å². The largest absolute Gasteiger partial charge is 0.355 e. The van der Waals surface area contributed by atoms with Gasteiger partial charge in [-0.05, 0) is 56.4 Å². The quantitative estimate of drug-likeness (QED) is 0.743. The normalized spacial score (nSPS) is 15.3. The highest BCUT2D eigenvalue weighted by Gasteiger charge is 2.22. The summed E-state index contributed by atoms with van der Waals surface area (Å²) >= 11 is 11.2. The number of piperidine rings is 1. The summed E-state index contributed by atoms with van der Waals surface area (Å²) in [6.07, 6.45) is 7.94. The van der Waals surface area contributed by atoms with Crippen molar-refractivity contribution in [1.29, 1.82) is 0 Å². The Balaban J connectivity index is 0.000000156. The fourth-order valence-corrected chi connectivity index (χ4v) is 2.78. The summed E-state index contributed by atoms with van der Waals surface area (Å²) in [7, 11) is 1.62. The zero-order valence-corrected chi connectivity index (χ0v) is 17.6. The number of benzene rings is 1. The van der Waals surface area contributed by atoms with E-state index in [2.05, 4.69) is 25.7 Å². The molecule has 1 aromatic heterocycles. The van der Waals surface area contributed by atoms with Gasteiger partial charge in [-0.15, -0.1) is 5.10 Å². The maximum absolute atomic E-state index is 10.4. The van der Waals surface area contributed by atoms with Crippen LogP contribution in [-0.2, 0) is 0 Å². The predicted octanol–water partition coefficient (Wildman–Crippen LogP) is 4.54. The van der Waals surface area contributed by atoms with Crippen LogP contribution in [0.1, 0.15) is 32.1 Å². The Hall–Kier alpha value is -2.05. The van der Waals surface area contributed by atoms with Crippen LogP contribution >= 0.6 is 23.2 Å². The first-order chi connectivity index (χ1) is 13.6. The van der Waals surface area contributed by atoms with E-state index in [0.717, 1.165) is 31.7 Å². The third-order valence-electron chi connectivity index (χ3n) is 4.20. The van der Waals surface area contributed by atoms with Crippen LogP contribution in [0.15, 0.2) is 42.6 Å². The van der Waals surface area contributed by atoms with Crippen LogP contribution in [0.2, 0.25) is 10.0 Å². The van der Waals surface area contributed by atoms with Gasteiger partial charge in [0.05, 0.1) is 10.0 Å². The summed E-state index contributed by atoms with van der Waals surface area (Å²) in [5.41, 5.74) is 0. The first kappa shape index (κ1) is 22.2. The number of hydrogen-bond acceptors (Lipinski definition) is 4. The summed E-state index contributed by atoms with van der Waals surface area (Å²) in [6, 6.07) is 11.6. The molecule has 2 N–H and O–H groups in total. The van der Waals surface area contributed by atoms with Crippen molar-refractivity contribution in [2.24, 2.45) is 0 Å². The van der Waals surface area contributed by atoms with Crippen LogP contribution < -0.4 is 15.5 Å². The number of hydrogen-bond donors (Lipinski definition) is 2. The molecule has 0 unspecified atom stereocenters. The maximum atomic E-state index is 10.4. The topological polar surface area (TPSA) is 70.1 Å². The van der Waals surface area contributed by atoms with Crippen LogP contribution in [-0.4, -0.2) is 42.4 Å². The van der Waals surface area contributed by atoms with Crippen LogP contribution in [0.25, 0.3) is 0 Å². The smallest absolute Gasteiger partial charge is 0.314 e. The minimum atomic E-state index is -0.0625. The van der Waals surface area contributed by atoms with E-state index < -0.39 is 0 Å². The van der Waals surface area contributed by atoms with Gasteiger partial charge >= 0.3 is 6.03 Å². The first-order valence-electron chi connectivity index (χ1n) is 9.51. The summed E-state index contributed by atoms with van der Waals surface area (Å²) in [4.78, 5) is 12.7. The zero-order valence-electron chi connectivity index (χ0n) is 16.1. The van der Waals surface area contributed by atoms with Crippen molar-refractivity contribution in [3.63, 3.8) is 0 Å². The molecule has 1 aromatic carbocycles. The standard InChI is InChI=1S/C9H13N3.C6H4Cl2.C5H10N2O/c1-2-7-12(8-3-1)9-5-4-6-10-11-9;7-5-3-1-2-4-6(5)8;1-6-5(8)7-4-2-3-4/h4-6H,1-3,7-8H2;1-4H;4H,2-3H2,1H3,(H2,6,7,8). The van der Waals surface area contributed by atoms with Crippen molar-refractivity contribution in [1.82, 2.24) is 20.8 Å². The second-order valence-corrected chi connectivity index (χ2v) is 7.36. The van der Waals surface area contributed by atoms with Gasteiger partial charge in [0.15, 0.2) is 5.82 Å². The number of nitrogens with one attached hydrogen (secondary N) is 2. The lowest BCUT2D eigenvalue weighted by Gasteiger charge is -2.26. The van der Waals surface area contributed by atoms with Gasteiger partial charge in [0, 0.05) is 32.4 Å². The van der Waals surface area contributed by atoms with Crippen LogP contribution in [0.5, 0.6) is 0 Å². The van der Waals surface area contributed by atoms with Gasteiger partial charge in [-0.1, -0.05) is 35.3 Å². The lowest BCUT2D eigenvalue weighted by molar-refractivity contribution is 0.242. The summed E-state index contributed by atoms with van der Waals surface area (Å²) in [5.74, 6) is 1.03. The van der Waals surface area contributed by atoms with Crippen LogP contribution in [0, 0.1) is 0 Å². The van der Waals surface area contributed by atoms with Gasteiger partial charge in [0.25, 0.3) is 0 Å². The minimum absolute atomic E-state index is 0.0625. The Morgan fingerprint density at radius 3 is 2.14 bits per heavy atom. The number of carbonyl (C=O) groups is 1. The molecule has 152 valence electrons. The highest BCUT2D eigenvalue weighted by Crippen LogP contribution is 2.19. The van der Waals surface area contributed by atoms with E-state index in [1.165, 1.54) is 19.3 Å². The number of urea groups is 1. The fourth-order valence-electron chi connectivity index (χ4n) is 2.51. The van der Waals surface area contributed by atoms with Gasteiger partial charge < -0.3 is 15.5 Å². The van der Waals surface area contributed by atoms with Crippen molar-refractivity contribution < 1.29 is 4.79 Å². The highest BCUT2D eigenvalue weighted by molar-refractivity contribution is 6.41. The molecule has 2 heterocycles. The number of nitrogens with zero attached hydrogens (tertiary/aromatic N) is 3. The van der Waals surface area contributed by atoms with Crippen molar-refractivity contribution >= 4 is 35.1 Å². The second kappa shape index (κ2) is 12.4.